The number of carbonyl (C=O) groups is 2. The van der Waals surface area contributed by atoms with Crippen LogP contribution in [0.1, 0.15) is 32.3 Å². The molecule has 1 heterocycles. The predicted octanol–water partition coefficient (Wildman–Crippen LogP) is 2.20. The summed E-state index contributed by atoms with van der Waals surface area (Å²) in [6.07, 6.45) is 1.71. The number of rotatable bonds is 6. The van der Waals surface area contributed by atoms with Gasteiger partial charge in [-0.15, -0.1) is 11.3 Å². The van der Waals surface area contributed by atoms with Gasteiger partial charge in [-0.2, -0.15) is 0 Å². The van der Waals surface area contributed by atoms with Crippen LogP contribution in [0, 0.1) is 0 Å². The van der Waals surface area contributed by atoms with Crippen LogP contribution in [0.3, 0.4) is 0 Å². The van der Waals surface area contributed by atoms with E-state index in [1.165, 1.54) is 10.9 Å². The van der Waals surface area contributed by atoms with Crippen molar-refractivity contribution < 1.29 is 14.7 Å². The lowest BCUT2D eigenvalue weighted by Crippen LogP contribution is -2.24. The molecule has 2 rings (SSSR count). The number of benzene rings is 1. The van der Waals surface area contributed by atoms with Crippen molar-refractivity contribution in [1.82, 2.24) is 10.3 Å². The summed E-state index contributed by atoms with van der Waals surface area (Å²) < 4.78 is 0. The first kappa shape index (κ1) is 14.2. The van der Waals surface area contributed by atoms with Crippen molar-refractivity contribution in [3.05, 3.63) is 52.0 Å². The smallest absolute Gasteiger partial charge is 0.355 e. The third-order valence-electron chi connectivity index (χ3n) is 2.69. The van der Waals surface area contributed by atoms with Crippen molar-refractivity contribution >= 4 is 23.2 Å². The molecule has 0 radical (unpaired) electrons. The Kier molecular flexibility index (Phi) is 4.84. The number of carboxylic acids is 1. The first-order valence-corrected chi connectivity index (χ1v) is 7.06. The largest absolute Gasteiger partial charge is 0.476 e. The monoisotopic (exact) mass is 290 g/mol. The molecule has 2 aromatic rings. The number of nitrogens with zero attached hydrogens (tertiary/aromatic N) is 1. The summed E-state index contributed by atoms with van der Waals surface area (Å²) in [5, 5.41) is 13.0. The second-order valence-corrected chi connectivity index (χ2v) is 5.05. The number of amides is 1. The van der Waals surface area contributed by atoms with Gasteiger partial charge in [0.05, 0.1) is 0 Å². The Balaban J connectivity index is 1.76. The van der Waals surface area contributed by atoms with Gasteiger partial charge in [0.25, 0.3) is 5.91 Å². The third-order valence-corrected chi connectivity index (χ3v) is 3.53. The molecule has 0 aliphatic carbocycles. The third kappa shape index (κ3) is 3.89. The molecular weight excluding hydrogens is 276 g/mol. The summed E-state index contributed by atoms with van der Waals surface area (Å²) in [6.45, 7) is 0.537. The van der Waals surface area contributed by atoms with Gasteiger partial charge in [0.2, 0.25) is 0 Å². The molecule has 0 bridgehead atoms. The van der Waals surface area contributed by atoms with Crippen LogP contribution in [0.4, 0.5) is 0 Å². The quantitative estimate of drug-likeness (QED) is 0.799. The topological polar surface area (TPSA) is 79.3 Å². The van der Waals surface area contributed by atoms with Gasteiger partial charge in [0.15, 0.2) is 10.7 Å². The number of thiazole rings is 1. The lowest BCUT2D eigenvalue weighted by Gasteiger charge is -2.03. The van der Waals surface area contributed by atoms with Crippen LogP contribution < -0.4 is 5.32 Å². The minimum absolute atomic E-state index is 0.0931. The highest BCUT2D eigenvalue weighted by Crippen LogP contribution is 2.09. The molecule has 0 unspecified atom stereocenters. The Bertz CT molecular complexity index is 595. The maximum atomic E-state index is 11.7. The molecule has 0 aliphatic rings. The van der Waals surface area contributed by atoms with Crippen molar-refractivity contribution in [3.8, 4) is 0 Å². The van der Waals surface area contributed by atoms with Crippen molar-refractivity contribution in [3.63, 3.8) is 0 Å². The molecule has 0 spiro atoms. The zero-order valence-electron chi connectivity index (χ0n) is 10.7. The Morgan fingerprint density at radius 3 is 2.65 bits per heavy atom. The molecule has 5 nitrogen and oxygen atoms in total. The SMILES string of the molecule is O=C(O)c1csc(C(=O)NCCCc2ccccc2)n1. The van der Waals surface area contributed by atoms with E-state index in [4.69, 9.17) is 5.11 Å². The molecular formula is C14H14N2O3S. The van der Waals surface area contributed by atoms with Crippen LogP contribution in [0.2, 0.25) is 0 Å². The van der Waals surface area contributed by atoms with Gasteiger partial charge in [-0.25, -0.2) is 9.78 Å². The van der Waals surface area contributed by atoms with E-state index in [-0.39, 0.29) is 16.6 Å². The van der Waals surface area contributed by atoms with Gasteiger partial charge < -0.3 is 10.4 Å². The number of aromatic carboxylic acids is 1. The summed E-state index contributed by atoms with van der Waals surface area (Å²) >= 11 is 1.04. The zero-order chi connectivity index (χ0) is 14.4. The number of hydrogen-bond acceptors (Lipinski definition) is 4. The fraction of sp³-hybridized carbons (Fsp3) is 0.214. The van der Waals surface area contributed by atoms with E-state index in [2.05, 4.69) is 10.3 Å². The summed E-state index contributed by atoms with van der Waals surface area (Å²) in [4.78, 5) is 26.2. The molecule has 1 aromatic carbocycles. The fourth-order valence-corrected chi connectivity index (χ4v) is 2.40. The summed E-state index contributed by atoms with van der Waals surface area (Å²) in [5.41, 5.74) is 1.13. The summed E-state index contributed by atoms with van der Waals surface area (Å²) in [5.74, 6) is -1.44. The summed E-state index contributed by atoms with van der Waals surface area (Å²) in [7, 11) is 0. The maximum absolute atomic E-state index is 11.7. The minimum atomic E-state index is -1.12. The molecule has 0 saturated carbocycles. The number of hydrogen-bond donors (Lipinski definition) is 2. The van der Waals surface area contributed by atoms with Gasteiger partial charge in [0, 0.05) is 11.9 Å². The van der Waals surface area contributed by atoms with Gasteiger partial charge in [0.1, 0.15) is 0 Å². The van der Waals surface area contributed by atoms with Gasteiger partial charge in [-0.05, 0) is 18.4 Å². The lowest BCUT2D eigenvalue weighted by atomic mass is 10.1. The average molecular weight is 290 g/mol. The van der Waals surface area contributed by atoms with Crippen LogP contribution in [-0.4, -0.2) is 28.5 Å². The Hall–Kier alpha value is -2.21. The summed E-state index contributed by atoms with van der Waals surface area (Å²) in [6, 6.07) is 10.0. The van der Waals surface area contributed by atoms with Crippen LogP contribution in [-0.2, 0) is 6.42 Å². The van der Waals surface area contributed by atoms with Crippen molar-refractivity contribution in [2.24, 2.45) is 0 Å². The van der Waals surface area contributed by atoms with Crippen molar-refractivity contribution in [2.75, 3.05) is 6.54 Å². The zero-order valence-corrected chi connectivity index (χ0v) is 11.5. The standard InChI is InChI=1S/C14H14N2O3S/c17-12(13-16-11(9-20-13)14(18)19)15-8-4-7-10-5-2-1-3-6-10/h1-3,5-6,9H,4,7-8H2,(H,15,17)(H,18,19). The first-order valence-electron chi connectivity index (χ1n) is 6.18. The van der Waals surface area contributed by atoms with E-state index in [1.54, 1.807) is 0 Å². The number of carbonyl (C=O) groups excluding carboxylic acids is 1. The highest BCUT2D eigenvalue weighted by atomic mass is 32.1. The molecule has 2 N–H and O–H groups in total. The fourth-order valence-electron chi connectivity index (χ4n) is 1.69. The van der Waals surface area contributed by atoms with Crippen LogP contribution in [0.25, 0.3) is 0 Å². The second-order valence-electron chi connectivity index (χ2n) is 4.19. The maximum Gasteiger partial charge on any atom is 0.355 e. The molecule has 0 aliphatic heterocycles. The number of aryl methyl sites for hydroxylation is 1. The van der Waals surface area contributed by atoms with Crippen molar-refractivity contribution in [1.29, 1.82) is 0 Å². The number of aromatic nitrogens is 1. The molecule has 0 atom stereocenters. The van der Waals surface area contributed by atoms with Crippen LogP contribution >= 0.6 is 11.3 Å². The Morgan fingerprint density at radius 1 is 1.25 bits per heavy atom. The molecule has 1 amide bonds. The number of carboxylic acid groups (broad SMARTS) is 1. The second kappa shape index (κ2) is 6.81. The van der Waals surface area contributed by atoms with Crippen molar-refractivity contribution in [2.45, 2.75) is 12.8 Å². The normalized spacial score (nSPS) is 10.2. The molecule has 20 heavy (non-hydrogen) atoms. The molecule has 1 aromatic heterocycles. The number of nitrogens with one attached hydrogen (secondary N) is 1. The first-order chi connectivity index (χ1) is 9.66. The van der Waals surface area contributed by atoms with E-state index in [1.807, 2.05) is 30.3 Å². The van der Waals surface area contributed by atoms with E-state index in [0.29, 0.717) is 6.54 Å². The average Bonchev–Trinajstić information content (AvgIpc) is 2.94. The molecule has 0 fully saturated rings. The van der Waals surface area contributed by atoms with E-state index in [9.17, 15) is 9.59 Å². The lowest BCUT2D eigenvalue weighted by molar-refractivity contribution is 0.0691. The van der Waals surface area contributed by atoms with E-state index in [0.717, 1.165) is 24.2 Å². The Labute approximate surface area is 120 Å². The van der Waals surface area contributed by atoms with E-state index < -0.39 is 5.97 Å². The molecule has 6 heteroatoms. The highest BCUT2D eigenvalue weighted by Gasteiger charge is 2.13. The van der Waals surface area contributed by atoms with Gasteiger partial charge >= 0.3 is 5.97 Å². The molecule has 104 valence electrons. The van der Waals surface area contributed by atoms with Gasteiger partial charge in [-0.1, -0.05) is 30.3 Å². The minimum Gasteiger partial charge on any atom is -0.476 e. The van der Waals surface area contributed by atoms with Gasteiger partial charge in [-0.3, -0.25) is 4.79 Å². The predicted molar refractivity (Wildman–Crippen MR) is 76.2 cm³/mol. The van der Waals surface area contributed by atoms with Crippen LogP contribution in [0.5, 0.6) is 0 Å². The molecule has 0 saturated heterocycles. The van der Waals surface area contributed by atoms with E-state index >= 15 is 0 Å². The van der Waals surface area contributed by atoms with Crippen LogP contribution in [0.15, 0.2) is 35.7 Å². The Morgan fingerprint density at radius 2 is 2.00 bits per heavy atom. The highest BCUT2D eigenvalue weighted by molar-refractivity contribution is 7.11.